The largest absolute Gasteiger partial charge is 0.351 e. The quantitative estimate of drug-likeness (QED) is 0.766. The average Bonchev–Trinajstić information content (AvgIpc) is 2.53. The summed E-state index contributed by atoms with van der Waals surface area (Å²) in [6, 6.07) is 7.82. The van der Waals surface area contributed by atoms with Gasteiger partial charge >= 0.3 is 0 Å². The molecule has 23 heavy (non-hydrogen) atoms. The Bertz CT molecular complexity index is 675. The normalized spacial score (nSPS) is 10.4. The summed E-state index contributed by atoms with van der Waals surface area (Å²) in [6.45, 7) is 4.42. The number of rotatable bonds is 7. The maximum Gasteiger partial charge on any atom is 0.270 e. The van der Waals surface area contributed by atoms with Crippen molar-refractivity contribution >= 4 is 17.4 Å². The zero-order valence-electron chi connectivity index (χ0n) is 13.4. The molecule has 2 N–H and O–H groups in total. The van der Waals surface area contributed by atoms with Gasteiger partial charge in [-0.05, 0) is 25.5 Å². The molecule has 1 heterocycles. The topological polar surface area (TPSA) is 66.9 Å². The Balaban J connectivity index is 2.09. The fourth-order valence-corrected chi connectivity index (χ4v) is 2.12. The standard InChI is InChI=1S/C17H21FN4O/c1-3-4-7-10-19-17(23)15-11-16(21-12(2)20-15)22-14-9-6-5-8-13(14)18/h5-6,8-9,11H,3-4,7,10H2,1-2H3,(H,19,23)(H,20,21,22). The van der Waals surface area contributed by atoms with Gasteiger partial charge < -0.3 is 10.6 Å². The maximum atomic E-state index is 13.7. The average molecular weight is 316 g/mol. The van der Waals surface area contributed by atoms with E-state index in [0.717, 1.165) is 19.3 Å². The summed E-state index contributed by atoms with van der Waals surface area (Å²) >= 11 is 0. The number of hydrogen-bond acceptors (Lipinski definition) is 4. The summed E-state index contributed by atoms with van der Waals surface area (Å²) in [5.74, 6) is 0.212. The number of para-hydroxylation sites is 1. The minimum absolute atomic E-state index is 0.247. The van der Waals surface area contributed by atoms with Crippen molar-refractivity contribution in [3.63, 3.8) is 0 Å². The number of unbranched alkanes of at least 4 members (excludes halogenated alkanes) is 2. The Morgan fingerprint density at radius 1 is 1.22 bits per heavy atom. The van der Waals surface area contributed by atoms with Crippen LogP contribution in [0.4, 0.5) is 15.9 Å². The monoisotopic (exact) mass is 316 g/mol. The molecule has 0 aliphatic carbocycles. The van der Waals surface area contributed by atoms with Crippen molar-refractivity contribution < 1.29 is 9.18 Å². The van der Waals surface area contributed by atoms with Crippen LogP contribution in [0.15, 0.2) is 30.3 Å². The minimum Gasteiger partial charge on any atom is -0.351 e. The third-order valence-corrected chi connectivity index (χ3v) is 3.27. The van der Waals surface area contributed by atoms with Gasteiger partial charge in [0.1, 0.15) is 23.2 Å². The van der Waals surface area contributed by atoms with Crippen LogP contribution in [0.2, 0.25) is 0 Å². The molecule has 0 saturated carbocycles. The van der Waals surface area contributed by atoms with Crippen molar-refractivity contribution in [3.8, 4) is 0 Å². The van der Waals surface area contributed by atoms with E-state index >= 15 is 0 Å². The van der Waals surface area contributed by atoms with Gasteiger partial charge in [0.2, 0.25) is 0 Å². The van der Waals surface area contributed by atoms with Gasteiger partial charge in [-0.15, -0.1) is 0 Å². The second kappa shape index (κ2) is 8.22. The Kier molecular flexibility index (Phi) is 6.02. The third-order valence-electron chi connectivity index (χ3n) is 3.27. The molecule has 122 valence electrons. The van der Waals surface area contributed by atoms with Crippen molar-refractivity contribution in [2.75, 3.05) is 11.9 Å². The van der Waals surface area contributed by atoms with Crippen molar-refractivity contribution in [2.45, 2.75) is 33.1 Å². The van der Waals surface area contributed by atoms with Gasteiger partial charge in [0.15, 0.2) is 0 Å². The van der Waals surface area contributed by atoms with E-state index in [1.807, 2.05) is 0 Å². The lowest BCUT2D eigenvalue weighted by Gasteiger charge is -2.09. The number of carbonyl (C=O) groups is 1. The first-order valence-electron chi connectivity index (χ1n) is 7.75. The van der Waals surface area contributed by atoms with E-state index in [2.05, 4.69) is 27.5 Å². The van der Waals surface area contributed by atoms with E-state index in [1.54, 1.807) is 25.1 Å². The highest BCUT2D eigenvalue weighted by atomic mass is 19.1. The molecule has 6 heteroatoms. The zero-order valence-corrected chi connectivity index (χ0v) is 13.4. The molecule has 0 saturated heterocycles. The smallest absolute Gasteiger partial charge is 0.270 e. The second-order valence-corrected chi connectivity index (χ2v) is 5.25. The molecular formula is C17H21FN4O. The molecule has 2 aromatic rings. The highest BCUT2D eigenvalue weighted by Crippen LogP contribution is 2.18. The van der Waals surface area contributed by atoms with Crippen LogP contribution in [0, 0.1) is 12.7 Å². The summed E-state index contributed by atoms with van der Waals surface area (Å²) in [5.41, 5.74) is 0.577. The van der Waals surface area contributed by atoms with E-state index < -0.39 is 0 Å². The number of aryl methyl sites for hydroxylation is 1. The fourth-order valence-electron chi connectivity index (χ4n) is 2.12. The zero-order chi connectivity index (χ0) is 16.7. The van der Waals surface area contributed by atoms with Crippen LogP contribution in [-0.4, -0.2) is 22.4 Å². The van der Waals surface area contributed by atoms with Crippen molar-refractivity contribution in [1.29, 1.82) is 0 Å². The molecule has 0 unspecified atom stereocenters. The summed E-state index contributed by atoms with van der Waals surface area (Å²) in [5, 5.41) is 5.71. The van der Waals surface area contributed by atoms with Crippen LogP contribution >= 0.6 is 0 Å². The van der Waals surface area contributed by atoms with Gasteiger partial charge in [0, 0.05) is 12.6 Å². The number of aromatic nitrogens is 2. The third kappa shape index (κ3) is 5.02. The molecule has 0 atom stereocenters. The molecule has 2 rings (SSSR count). The number of amides is 1. The van der Waals surface area contributed by atoms with Crippen LogP contribution < -0.4 is 10.6 Å². The lowest BCUT2D eigenvalue weighted by Crippen LogP contribution is -2.25. The SMILES string of the molecule is CCCCCNC(=O)c1cc(Nc2ccccc2F)nc(C)n1. The number of nitrogens with one attached hydrogen (secondary N) is 2. The van der Waals surface area contributed by atoms with Gasteiger partial charge in [0.05, 0.1) is 5.69 Å². The Labute approximate surface area is 135 Å². The molecule has 0 aliphatic rings. The molecule has 1 amide bonds. The van der Waals surface area contributed by atoms with Crippen LogP contribution in [0.25, 0.3) is 0 Å². The van der Waals surface area contributed by atoms with Crippen LogP contribution in [-0.2, 0) is 0 Å². The molecule has 0 radical (unpaired) electrons. The molecular weight excluding hydrogens is 295 g/mol. The number of carbonyl (C=O) groups excluding carboxylic acids is 1. The first kappa shape index (κ1) is 16.9. The Hall–Kier alpha value is -2.50. The van der Waals surface area contributed by atoms with Crippen molar-refractivity contribution in [3.05, 3.63) is 47.7 Å². The van der Waals surface area contributed by atoms with Gasteiger partial charge in [-0.1, -0.05) is 31.9 Å². The predicted octanol–water partition coefficient (Wildman–Crippen LogP) is 3.59. The van der Waals surface area contributed by atoms with Gasteiger partial charge in [0.25, 0.3) is 5.91 Å². The molecule has 0 fully saturated rings. The molecule has 1 aromatic carbocycles. The maximum absolute atomic E-state index is 13.7. The number of halogens is 1. The van der Waals surface area contributed by atoms with E-state index in [9.17, 15) is 9.18 Å². The summed E-state index contributed by atoms with van der Waals surface area (Å²) in [4.78, 5) is 20.5. The lowest BCUT2D eigenvalue weighted by molar-refractivity contribution is 0.0947. The molecule has 0 aliphatic heterocycles. The molecule has 1 aromatic heterocycles. The number of benzene rings is 1. The van der Waals surface area contributed by atoms with Crippen LogP contribution in [0.5, 0.6) is 0 Å². The highest BCUT2D eigenvalue weighted by molar-refractivity contribution is 5.93. The Morgan fingerprint density at radius 3 is 2.74 bits per heavy atom. The van der Waals surface area contributed by atoms with Crippen LogP contribution in [0.3, 0.4) is 0 Å². The first-order valence-corrected chi connectivity index (χ1v) is 7.75. The fraction of sp³-hybridized carbons (Fsp3) is 0.353. The first-order chi connectivity index (χ1) is 11.1. The summed E-state index contributed by atoms with van der Waals surface area (Å²) in [6.07, 6.45) is 3.11. The van der Waals surface area contributed by atoms with Gasteiger partial charge in [-0.2, -0.15) is 0 Å². The van der Waals surface area contributed by atoms with Gasteiger partial charge in [-0.3, -0.25) is 4.79 Å². The second-order valence-electron chi connectivity index (χ2n) is 5.25. The number of nitrogens with zero attached hydrogens (tertiary/aromatic N) is 2. The molecule has 0 bridgehead atoms. The molecule has 5 nitrogen and oxygen atoms in total. The van der Waals surface area contributed by atoms with Gasteiger partial charge in [-0.25, -0.2) is 14.4 Å². The van der Waals surface area contributed by atoms with E-state index in [-0.39, 0.29) is 17.4 Å². The van der Waals surface area contributed by atoms with Crippen LogP contribution in [0.1, 0.15) is 42.5 Å². The molecule has 0 spiro atoms. The Morgan fingerprint density at radius 2 is 2.00 bits per heavy atom. The number of hydrogen-bond donors (Lipinski definition) is 2. The minimum atomic E-state index is -0.380. The van der Waals surface area contributed by atoms with Crippen molar-refractivity contribution in [1.82, 2.24) is 15.3 Å². The van der Waals surface area contributed by atoms with E-state index in [0.29, 0.717) is 23.9 Å². The van der Waals surface area contributed by atoms with E-state index in [1.165, 1.54) is 12.1 Å². The highest BCUT2D eigenvalue weighted by Gasteiger charge is 2.11. The summed E-state index contributed by atoms with van der Waals surface area (Å²) in [7, 11) is 0. The lowest BCUT2D eigenvalue weighted by atomic mass is 10.2. The van der Waals surface area contributed by atoms with E-state index in [4.69, 9.17) is 0 Å². The summed E-state index contributed by atoms with van der Waals surface area (Å²) < 4.78 is 13.7. The van der Waals surface area contributed by atoms with Crippen molar-refractivity contribution in [2.24, 2.45) is 0 Å². The predicted molar refractivity (Wildman–Crippen MR) is 88.3 cm³/mol. The number of anilines is 2.